The van der Waals surface area contributed by atoms with Gasteiger partial charge in [-0.05, 0) is 53.9 Å². The molecule has 0 aliphatic carbocycles. The lowest BCUT2D eigenvalue weighted by atomic mass is 9.94. The number of hydrogen-bond donors (Lipinski definition) is 0. The van der Waals surface area contributed by atoms with Gasteiger partial charge in [-0.15, -0.1) is 0 Å². The predicted octanol–water partition coefficient (Wildman–Crippen LogP) is 6.21. The van der Waals surface area contributed by atoms with Crippen LogP contribution in [-0.2, 0) is 0 Å². The average molecular weight is 327 g/mol. The molecule has 0 radical (unpaired) electrons. The van der Waals surface area contributed by atoms with Gasteiger partial charge in [0.1, 0.15) is 11.6 Å². The van der Waals surface area contributed by atoms with Gasteiger partial charge in [-0.25, -0.2) is 4.39 Å². The Balaban J connectivity index is 2.09. The Kier molecular flexibility index (Phi) is 4.63. The van der Waals surface area contributed by atoms with Crippen molar-refractivity contribution in [2.24, 2.45) is 0 Å². The third-order valence-electron chi connectivity index (χ3n) is 3.62. The first-order valence-corrected chi connectivity index (χ1v) is 7.84. The fourth-order valence-corrected chi connectivity index (χ4v) is 2.86. The Morgan fingerprint density at radius 2 is 1.52 bits per heavy atom. The molecule has 0 bridgehead atoms. The molecular weight excluding hydrogens is 311 g/mol. The van der Waals surface area contributed by atoms with Gasteiger partial charge in [0.25, 0.3) is 0 Å². The van der Waals surface area contributed by atoms with Gasteiger partial charge in [0.15, 0.2) is 0 Å². The number of hydrogen-bond acceptors (Lipinski definition) is 1. The van der Waals surface area contributed by atoms with Crippen LogP contribution in [0.5, 0.6) is 5.75 Å². The van der Waals surface area contributed by atoms with Gasteiger partial charge in [-0.2, -0.15) is 0 Å². The zero-order chi connectivity index (χ0) is 16.2. The second kappa shape index (κ2) is 6.84. The standard InChI is InChI=1S/C20H16ClFO/c1-2-23-17-12-8-14(9-13-17)18-4-3-5-19(21)20(18)15-6-10-16(22)11-7-15/h3-13H,2H2,1H3. The minimum Gasteiger partial charge on any atom is -0.494 e. The third-order valence-corrected chi connectivity index (χ3v) is 3.94. The van der Waals surface area contributed by atoms with Crippen molar-refractivity contribution < 1.29 is 9.13 Å². The Labute approximate surface area is 140 Å². The summed E-state index contributed by atoms with van der Waals surface area (Å²) in [6.45, 7) is 2.59. The third kappa shape index (κ3) is 3.38. The molecule has 0 aromatic heterocycles. The largest absolute Gasteiger partial charge is 0.494 e. The lowest BCUT2D eigenvalue weighted by Gasteiger charge is -2.13. The van der Waals surface area contributed by atoms with E-state index < -0.39 is 0 Å². The first-order chi connectivity index (χ1) is 11.2. The summed E-state index contributed by atoms with van der Waals surface area (Å²) in [5.41, 5.74) is 3.83. The van der Waals surface area contributed by atoms with Crippen molar-refractivity contribution in [2.75, 3.05) is 6.61 Å². The van der Waals surface area contributed by atoms with Crippen LogP contribution >= 0.6 is 11.6 Å². The highest BCUT2D eigenvalue weighted by atomic mass is 35.5. The highest BCUT2D eigenvalue weighted by molar-refractivity contribution is 6.34. The Morgan fingerprint density at radius 3 is 2.17 bits per heavy atom. The number of ether oxygens (including phenoxy) is 1. The zero-order valence-electron chi connectivity index (χ0n) is 12.7. The SMILES string of the molecule is CCOc1ccc(-c2cccc(Cl)c2-c2ccc(F)cc2)cc1. The number of halogens is 2. The molecule has 3 heteroatoms. The van der Waals surface area contributed by atoms with Crippen LogP contribution in [0.4, 0.5) is 4.39 Å². The first kappa shape index (κ1) is 15.6. The Morgan fingerprint density at radius 1 is 0.870 bits per heavy atom. The van der Waals surface area contributed by atoms with E-state index >= 15 is 0 Å². The summed E-state index contributed by atoms with van der Waals surface area (Å²) in [6.07, 6.45) is 0. The molecule has 23 heavy (non-hydrogen) atoms. The van der Waals surface area contributed by atoms with Gasteiger partial charge in [-0.1, -0.05) is 48.0 Å². The molecule has 0 saturated heterocycles. The van der Waals surface area contributed by atoms with Crippen LogP contribution in [0.3, 0.4) is 0 Å². The molecule has 3 aromatic carbocycles. The van der Waals surface area contributed by atoms with Crippen LogP contribution < -0.4 is 4.74 Å². The minimum absolute atomic E-state index is 0.261. The molecule has 0 spiro atoms. The fourth-order valence-electron chi connectivity index (χ4n) is 2.57. The number of rotatable bonds is 4. The summed E-state index contributed by atoms with van der Waals surface area (Å²) >= 11 is 6.42. The normalized spacial score (nSPS) is 10.6. The van der Waals surface area contributed by atoms with Crippen molar-refractivity contribution in [1.82, 2.24) is 0 Å². The molecule has 116 valence electrons. The topological polar surface area (TPSA) is 9.23 Å². The fraction of sp³-hybridized carbons (Fsp3) is 0.100. The van der Waals surface area contributed by atoms with Crippen molar-refractivity contribution >= 4 is 11.6 Å². The van der Waals surface area contributed by atoms with E-state index in [0.29, 0.717) is 11.6 Å². The van der Waals surface area contributed by atoms with Crippen molar-refractivity contribution in [2.45, 2.75) is 6.92 Å². The van der Waals surface area contributed by atoms with Crippen LogP contribution in [0.1, 0.15) is 6.92 Å². The first-order valence-electron chi connectivity index (χ1n) is 7.46. The zero-order valence-corrected chi connectivity index (χ0v) is 13.5. The molecule has 0 heterocycles. The van der Waals surface area contributed by atoms with Gasteiger partial charge >= 0.3 is 0 Å². The van der Waals surface area contributed by atoms with Crippen molar-refractivity contribution in [3.8, 4) is 28.0 Å². The molecule has 0 atom stereocenters. The minimum atomic E-state index is -0.261. The van der Waals surface area contributed by atoms with E-state index in [1.165, 1.54) is 12.1 Å². The monoisotopic (exact) mass is 326 g/mol. The Bertz CT molecular complexity index is 795. The van der Waals surface area contributed by atoms with Gasteiger partial charge in [-0.3, -0.25) is 0 Å². The molecule has 0 amide bonds. The predicted molar refractivity (Wildman–Crippen MR) is 93.5 cm³/mol. The van der Waals surface area contributed by atoms with Gasteiger partial charge in [0.2, 0.25) is 0 Å². The molecule has 0 unspecified atom stereocenters. The van der Waals surface area contributed by atoms with E-state index in [-0.39, 0.29) is 5.82 Å². The number of benzene rings is 3. The lowest BCUT2D eigenvalue weighted by molar-refractivity contribution is 0.340. The second-order valence-electron chi connectivity index (χ2n) is 5.13. The van der Waals surface area contributed by atoms with E-state index in [1.54, 1.807) is 12.1 Å². The molecule has 0 aliphatic rings. The van der Waals surface area contributed by atoms with Gasteiger partial charge in [0, 0.05) is 10.6 Å². The molecule has 0 N–H and O–H groups in total. The molecule has 1 nitrogen and oxygen atoms in total. The van der Waals surface area contributed by atoms with Crippen molar-refractivity contribution in [3.63, 3.8) is 0 Å². The van der Waals surface area contributed by atoms with E-state index in [1.807, 2.05) is 49.4 Å². The maximum atomic E-state index is 13.2. The maximum absolute atomic E-state index is 13.2. The quantitative estimate of drug-likeness (QED) is 0.553. The molecule has 3 rings (SSSR count). The summed E-state index contributed by atoms with van der Waals surface area (Å²) in [5, 5.41) is 0.642. The second-order valence-corrected chi connectivity index (χ2v) is 5.53. The summed E-state index contributed by atoms with van der Waals surface area (Å²) in [5.74, 6) is 0.574. The highest BCUT2D eigenvalue weighted by Gasteiger charge is 2.11. The van der Waals surface area contributed by atoms with Crippen LogP contribution in [-0.4, -0.2) is 6.61 Å². The van der Waals surface area contributed by atoms with Gasteiger partial charge in [0.05, 0.1) is 6.61 Å². The maximum Gasteiger partial charge on any atom is 0.123 e. The molecule has 0 fully saturated rings. The van der Waals surface area contributed by atoms with Crippen molar-refractivity contribution in [1.29, 1.82) is 0 Å². The smallest absolute Gasteiger partial charge is 0.123 e. The summed E-state index contributed by atoms with van der Waals surface area (Å²) in [4.78, 5) is 0. The van der Waals surface area contributed by atoms with Crippen molar-refractivity contribution in [3.05, 3.63) is 77.6 Å². The molecule has 3 aromatic rings. The highest BCUT2D eigenvalue weighted by Crippen LogP contribution is 2.38. The summed E-state index contributed by atoms with van der Waals surface area (Å²) in [7, 11) is 0. The molecule has 0 aliphatic heterocycles. The average Bonchev–Trinajstić information content (AvgIpc) is 2.57. The van der Waals surface area contributed by atoms with E-state index in [2.05, 4.69) is 0 Å². The van der Waals surface area contributed by atoms with Crippen LogP contribution in [0.2, 0.25) is 5.02 Å². The van der Waals surface area contributed by atoms with Crippen LogP contribution in [0.25, 0.3) is 22.3 Å². The summed E-state index contributed by atoms with van der Waals surface area (Å²) < 4.78 is 18.7. The Hall–Kier alpha value is -2.32. The summed E-state index contributed by atoms with van der Waals surface area (Å²) in [6, 6.07) is 20.0. The van der Waals surface area contributed by atoms with Crippen LogP contribution in [0.15, 0.2) is 66.7 Å². The van der Waals surface area contributed by atoms with Gasteiger partial charge < -0.3 is 4.74 Å². The molecular formula is C20H16ClFO. The van der Waals surface area contributed by atoms with E-state index in [4.69, 9.17) is 16.3 Å². The van der Waals surface area contributed by atoms with Crippen LogP contribution in [0, 0.1) is 5.82 Å². The lowest BCUT2D eigenvalue weighted by Crippen LogP contribution is -1.91. The van der Waals surface area contributed by atoms with E-state index in [9.17, 15) is 4.39 Å². The molecule has 0 saturated carbocycles. The van der Waals surface area contributed by atoms with E-state index in [0.717, 1.165) is 28.0 Å².